The molecular formula is C14H24O2Si. The lowest BCUT2D eigenvalue weighted by atomic mass is 10.5. The van der Waals surface area contributed by atoms with Crippen LogP contribution in [0.3, 0.4) is 0 Å². The van der Waals surface area contributed by atoms with Crippen molar-refractivity contribution in [2.75, 3.05) is 0 Å². The fourth-order valence-electron chi connectivity index (χ4n) is 2.71. The Kier molecular flexibility index (Phi) is 6.26. The first-order chi connectivity index (χ1) is 7.75. The molecule has 17 heavy (non-hydrogen) atoms. The lowest BCUT2D eigenvalue weighted by Gasteiger charge is -2.37. The molecule has 0 fully saturated rings. The normalized spacial score (nSPS) is 12.3. The van der Waals surface area contributed by atoms with E-state index in [1.165, 1.54) is 6.08 Å². The highest BCUT2D eigenvalue weighted by Crippen LogP contribution is 2.40. The fraction of sp³-hybridized carbons (Fsp3) is 0.643. The van der Waals surface area contributed by atoms with Crippen LogP contribution < -0.4 is 0 Å². The molecule has 0 heterocycles. The van der Waals surface area contributed by atoms with Crippen molar-refractivity contribution in [3.8, 4) is 11.5 Å². The van der Waals surface area contributed by atoms with Gasteiger partial charge in [-0.25, -0.2) is 4.79 Å². The van der Waals surface area contributed by atoms with E-state index in [0.29, 0.717) is 16.6 Å². The Bertz CT molecular complexity index is 321. The number of hydrogen-bond donors (Lipinski definition) is 1. The van der Waals surface area contributed by atoms with Crippen LogP contribution in [0.1, 0.15) is 41.5 Å². The van der Waals surface area contributed by atoms with E-state index in [1.54, 1.807) is 0 Å². The molecule has 0 unspecified atom stereocenters. The van der Waals surface area contributed by atoms with Gasteiger partial charge >= 0.3 is 5.97 Å². The molecule has 0 amide bonds. The Hall–Kier alpha value is -1.01. The Morgan fingerprint density at radius 3 is 1.76 bits per heavy atom. The molecule has 0 aliphatic heterocycles. The van der Waals surface area contributed by atoms with Gasteiger partial charge in [-0.2, -0.15) is 0 Å². The summed E-state index contributed by atoms with van der Waals surface area (Å²) in [4.78, 5) is 10.4. The first-order valence-electron chi connectivity index (χ1n) is 6.17. The summed E-state index contributed by atoms with van der Waals surface area (Å²) in [5.41, 5.74) is 5.16. The van der Waals surface area contributed by atoms with Crippen LogP contribution in [-0.4, -0.2) is 19.1 Å². The highest BCUT2D eigenvalue weighted by Gasteiger charge is 2.41. The zero-order valence-corrected chi connectivity index (χ0v) is 12.7. The first-order valence-corrected chi connectivity index (χ1v) is 8.40. The van der Waals surface area contributed by atoms with Gasteiger partial charge in [-0.3, -0.25) is 0 Å². The number of carboxylic acids is 1. The van der Waals surface area contributed by atoms with Crippen LogP contribution in [0.4, 0.5) is 0 Å². The number of aliphatic carboxylic acids is 1. The molecule has 96 valence electrons. The number of carboxylic acid groups (broad SMARTS) is 1. The van der Waals surface area contributed by atoms with E-state index in [1.807, 2.05) is 0 Å². The van der Waals surface area contributed by atoms with Crippen molar-refractivity contribution in [1.29, 1.82) is 0 Å². The molecule has 0 saturated heterocycles. The molecule has 0 radical (unpaired) electrons. The summed E-state index contributed by atoms with van der Waals surface area (Å²) in [5, 5.41) is 8.53. The molecule has 0 aliphatic rings. The zero-order valence-electron chi connectivity index (χ0n) is 11.7. The first kappa shape index (κ1) is 16.0. The number of hydrogen-bond acceptors (Lipinski definition) is 1. The molecule has 0 saturated carbocycles. The van der Waals surface area contributed by atoms with Gasteiger partial charge in [-0.1, -0.05) is 47.5 Å². The van der Waals surface area contributed by atoms with Crippen molar-refractivity contribution in [2.24, 2.45) is 0 Å². The van der Waals surface area contributed by atoms with Gasteiger partial charge in [-0.05, 0) is 22.7 Å². The molecule has 0 aromatic heterocycles. The largest absolute Gasteiger partial charge is 0.478 e. The molecule has 0 aromatic rings. The van der Waals surface area contributed by atoms with Crippen LogP contribution >= 0.6 is 0 Å². The molecular weight excluding hydrogens is 228 g/mol. The monoisotopic (exact) mass is 252 g/mol. The van der Waals surface area contributed by atoms with E-state index in [-0.39, 0.29) is 0 Å². The summed E-state index contributed by atoms with van der Waals surface area (Å²) < 4.78 is 0. The predicted molar refractivity (Wildman–Crippen MR) is 75.6 cm³/mol. The van der Waals surface area contributed by atoms with Crippen LogP contribution in [0.2, 0.25) is 16.6 Å². The summed E-state index contributed by atoms with van der Waals surface area (Å²) in [6.07, 6.45) is 2.56. The summed E-state index contributed by atoms with van der Waals surface area (Å²) >= 11 is 0. The summed E-state index contributed by atoms with van der Waals surface area (Å²) in [6.45, 7) is 13.4. The maximum absolute atomic E-state index is 10.4. The molecule has 2 nitrogen and oxygen atoms in total. The molecule has 0 aromatic carbocycles. The van der Waals surface area contributed by atoms with Crippen LogP contribution in [0.25, 0.3) is 0 Å². The van der Waals surface area contributed by atoms with Gasteiger partial charge in [0.2, 0.25) is 0 Å². The van der Waals surface area contributed by atoms with Gasteiger partial charge < -0.3 is 5.11 Å². The van der Waals surface area contributed by atoms with Crippen molar-refractivity contribution in [2.45, 2.75) is 58.2 Å². The lowest BCUT2D eigenvalue weighted by molar-refractivity contribution is -0.131. The molecule has 1 N–H and O–H groups in total. The van der Waals surface area contributed by atoms with Crippen LogP contribution in [0, 0.1) is 11.5 Å². The van der Waals surface area contributed by atoms with E-state index in [2.05, 4.69) is 53.0 Å². The van der Waals surface area contributed by atoms with Crippen molar-refractivity contribution >= 4 is 14.0 Å². The van der Waals surface area contributed by atoms with Gasteiger partial charge in [0, 0.05) is 6.08 Å². The topological polar surface area (TPSA) is 37.3 Å². The van der Waals surface area contributed by atoms with Crippen molar-refractivity contribution in [1.82, 2.24) is 0 Å². The van der Waals surface area contributed by atoms with Crippen LogP contribution in [-0.2, 0) is 4.79 Å². The molecule has 0 aliphatic carbocycles. The maximum atomic E-state index is 10.4. The van der Waals surface area contributed by atoms with Gasteiger partial charge in [0.05, 0.1) is 0 Å². The summed E-state index contributed by atoms with van der Waals surface area (Å²) in [6, 6.07) is 0. The molecule has 0 atom stereocenters. The van der Waals surface area contributed by atoms with Gasteiger partial charge in [0.1, 0.15) is 8.07 Å². The third kappa shape index (κ3) is 4.05. The highest BCUT2D eigenvalue weighted by molar-refractivity contribution is 6.90. The van der Waals surface area contributed by atoms with Gasteiger partial charge in [-0.15, -0.1) is 5.54 Å². The SMILES string of the molecule is CC(C)[Si](C#C/C=C/C(=O)O)(C(C)C)C(C)C. The smallest absolute Gasteiger partial charge is 0.328 e. The Morgan fingerprint density at radius 2 is 1.47 bits per heavy atom. The summed E-state index contributed by atoms with van der Waals surface area (Å²) in [7, 11) is -1.70. The van der Waals surface area contributed by atoms with Crippen molar-refractivity contribution < 1.29 is 9.90 Å². The minimum atomic E-state index is -1.70. The van der Waals surface area contributed by atoms with Crippen molar-refractivity contribution in [3.05, 3.63) is 12.2 Å². The van der Waals surface area contributed by atoms with Gasteiger partial charge in [0.15, 0.2) is 0 Å². The number of allylic oxidation sites excluding steroid dienone is 1. The Morgan fingerprint density at radius 1 is 1.06 bits per heavy atom. The molecule has 3 heteroatoms. The molecule has 0 rings (SSSR count). The maximum Gasteiger partial charge on any atom is 0.328 e. The highest BCUT2D eigenvalue weighted by atomic mass is 28.3. The quantitative estimate of drug-likeness (QED) is 0.469. The van der Waals surface area contributed by atoms with E-state index in [0.717, 1.165) is 6.08 Å². The molecule has 0 bridgehead atoms. The Labute approximate surface area is 106 Å². The zero-order chi connectivity index (χ0) is 13.6. The second-order valence-corrected chi connectivity index (χ2v) is 10.9. The molecule has 0 spiro atoms. The average Bonchev–Trinajstić information content (AvgIpc) is 2.15. The second-order valence-electron chi connectivity index (χ2n) is 5.34. The minimum Gasteiger partial charge on any atom is -0.478 e. The predicted octanol–water partition coefficient (Wildman–Crippen LogP) is 3.85. The summed E-state index contributed by atoms with van der Waals surface area (Å²) in [5.74, 6) is 2.01. The van der Waals surface area contributed by atoms with Crippen LogP contribution in [0.15, 0.2) is 12.2 Å². The van der Waals surface area contributed by atoms with E-state index >= 15 is 0 Å². The number of rotatable bonds is 4. The average molecular weight is 252 g/mol. The fourth-order valence-corrected chi connectivity index (χ4v) is 7.91. The lowest BCUT2D eigenvalue weighted by Crippen LogP contribution is -2.43. The number of carbonyl (C=O) groups is 1. The van der Waals surface area contributed by atoms with Crippen LogP contribution in [0.5, 0.6) is 0 Å². The van der Waals surface area contributed by atoms with E-state index in [4.69, 9.17) is 5.11 Å². The van der Waals surface area contributed by atoms with E-state index in [9.17, 15) is 4.79 Å². The van der Waals surface area contributed by atoms with Gasteiger partial charge in [0.25, 0.3) is 0 Å². The third-order valence-electron chi connectivity index (χ3n) is 3.46. The third-order valence-corrected chi connectivity index (χ3v) is 9.77. The second kappa shape index (κ2) is 6.66. The standard InChI is InChI=1S/C14H24O2Si/c1-11(2)17(12(3)4,13(5)6)10-8-7-9-14(15)16/h7,9,11-13H,1-6H3,(H,15,16)/b9-7+. The Balaban J connectivity index is 5.26. The van der Waals surface area contributed by atoms with Crippen molar-refractivity contribution in [3.63, 3.8) is 0 Å². The minimum absolute atomic E-state index is 0.577. The van der Waals surface area contributed by atoms with E-state index < -0.39 is 14.0 Å².